The van der Waals surface area contributed by atoms with Crippen molar-refractivity contribution in [3.05, 3.63) is 94.8 Å². The van der Waals surface area contributed by atoms with Gasteiger partial charge < -0.3 is 4.74 Å². The predicted octanol–water partition coefficient (Wildman–Crippen LogP) is 5.10. The minimum Gasteiger partial charge on any atom is -0.457 e. The summed E-state index contributed by atoms with van der Waals surface area (Å²) in [6.07, 6.45) is 1.43. The van der Waals surface area contributed by atoms with E-state index in [2.05, 4.69) is 5.32 Å². The Morgan fingerprint density at radius 2 is 1.65 bits per heavy atom. The van der Waals surface area contributed by atoms with Gasteiger partial charge in [0.05, 0.1) is 5.69 Å². The monoisotopic (exact) mass is 452 g/mol. The van der Waals surface area contributed by atoms with Crippen LogP contribution >= 0.6 is 23.8 Å². The molecule has 5 nitrogen and oxygen atoms in total. The number of nitrogens with one attached hydrogen (secondary N) is 1. The molecule has 154 valence electrons. The molecular weight excluding hydrogens is 439 g/mol. The zero-order valence-electron chi connectivity index (χ0n) is 15.8. The van der Waals surface area contributed by atoms with Crippen molar-refractivity contribution in [3.63, 3.8) is 0 Å². The molecule has 0 unspecified atom stereocenters. The van der Waals surface area contributed by atoms with Crippen LogP contribution in [0.4, 0.5) is 10.1 Å². The van der Waals surface area contributed by atoms with Crippen molar-refractivity contribution in [2.45, 2.75) is 0 Å². The summed E-state index contributed by atoms with van der Waals surface area (Å²) in [6.45, 7) is 0. The maximum atomic E-state index is 13.2. The molecule has 8 heteroatoms. The van der Waals surface area contributed by atoms with Gasteiger partial charge in [-0.05, 0) is 72.9 Å². The normalized spacial score (nSPS) is 15.2. The molecule has 0 spiro atoms. The van der Waals surface area contributed by atoms with Crippen molar-refractivity contribution in [1.82, 2.24) is 5.32 Å². The maximum absolute atomic E-state index is 13.2. The number of carbonyl (C=O) groups is 2. The van der Waals surface area contributed by atoms with Crippen molar-refractivity contribution in [2.24, 2.45) is 0 Å². The molecule has 3 aromatic rings. The molecule has 1 heterocycles. The van der Waals surface area contributed by atoms with E-state index in [0.29, 0.717) is 27.8 Å². The molecule has 1 N–H and O–H groups in total. The molecule has 0 saturated carbocycles. The zero-order chi connectivity index (χ0) is 22.0. The second-order valence-corrected chi connectivity index (χ2v) is 7.35. The molecule has 0 atom stereocenters. The van der Waals surface area contributed by atoms with E-state index in [9.17, 15) is 14.0 Å². The zero-order valence-corrected chi connectivity index (χ0v) is 17.4. The summed E-state index contributed by atoms with van der Waals surface area (Å²) in [6, 6.07) is 18.9. The van der Waals surface area contributed by atoms with Gasteiger partial charge in [-0.2, -0.15) is 0 Å². The van der Waals surface area contributed by atoms with Gasteiger partial charge >= 0.3 is 0 Å². The average molecular weight is 453 g/mol. The van der Waals surface area contributed by atoms with E-state index in [1.165, 1.54) is 35.2 Å². The van der Waals surface area contributed by atoms with Crippen LogP contribution in [0, 0.1) is 5.82 Å². The lowest BCUT2D eigenvalue weighted by Gasteiger charge is -2.29. The van der Waals surface area contributed by atoms with Crippen LogP contribution in [0.2, 0.25) is 5.02 Å². The highest BCUT2D eigenvalue weighted by Crippen LogP contribution is 2.29. The van der Waals surface area contributed by atoms with Crippen LogP contribution in [0.1, 0.15) is 5.56 Å². The molecule has 4 rings (SSSR count). The molecule has 0 bridgehead atoms. The average Bonchev–Trinajstić information content (AvgIpc) is 2.75. The highest BCUT2D eigenvalue weighted by Gasteiger charge is 2.34. The van der Waals surface area contributed by atoms with Crippen molar-refractivity contribution in [2.75, 3.05) is 4.90 Å². The van der Waals surface area contributed by atoms with E-state index >= 15 is 0 Å². The summed E-state index contributed by atoms with van der Waals surface area (Å²) in [5.41, 5.74) is 0.856. The number of thiocarbonyl (C=S) groups is 1. The highest BCUT2D eigenvalue weighted by atomic mass is 35.5. The van der Waals surface area contributed by atoms with Gasteiger partial charge in [0.15, 0.2) is 5.11 Å². The fraction of sp³-hybridized carbons (Fsp3) is 0. The Morgan fingerprint density at radius 3 is 2.35 bits per heavy atom. The highest BCUT2D eigenvalue weighted by molar-refractivity contribution is 7.80. The Hall–Kier alpha value is -3.55. The number of rotatable bonds is 4. The van der Waals surface area contributed by atoms with Gasteiger partial charge in [-0.1, -0.05) is 29.8 Å². The van der Waals surface area contributed by atoms with E-state index in [4.69, 9.17) is 28.6 Å². The summed E-state index contributed by atoms with van der Waals surface area (Å²) < 4.78 is 19.0. The number of benzene rings is 3. The topological polar surface area (TPSA) is 58.6 Å². The number of nitrogens with zero attached hydrogens (tertiary/aromatic N) is 1. The maximum Gasteiger partial charge on any atom is 0.270 e. The van der Waals surface area contributed by atoms with E-state index in [0.717, 1.165) is 0 Å². The lowest BCUT2D eigenvalue weighted by molar-refractivity contribution is -0.122. The number of halogens is 2. The second-order valence-electron chi connectivity index (χ2n) is 6.53. The van der Waals surface area contributed by atoms with E-state index in [1.54, 1.807) is 48.5 Å². The molecule has 1 fully saturated rings. The number of anilines is 1. The van der Waals surface area contributed by atoms with Gasteiger partial charge in [-0.25, -0.2) is 4.39 Å². The summed E-state index contributed by atoms with van der Waals surface area (Å²) in [7, 11) is 0. The quantitative estimate of drug-likeness (QED) is 0.340. The summed E-state index contributed by atoms with van der Waals surface area (Å²) >= 11 is 11.1. The third kappa shape index (κ3) is 4.47. The van der Waals surface area contributed by atoms with Gasteiger partial charge in [-0.3, -0.25) is 19.8 Å². The molecule has 1 aliphatic rings. The molecule has 0 aromatic heterocycles. The number of ether oxygens (including phenoxy) is 1. The Morgan fingerprint density at radius 1 is 0.968 bits per heavy atom. The Labute approximate surface area is 187 Å². The number of amides is 2. The summed E-state index contributed by atoms with van der Waals surface area (Å²) in [5, 5.41) is 3.01. The minimum atomic E-state index is -0.614. The van der Waals surface area contributed by atoms with Gasteiger partial charge in [-0.15, -0.1) is 0 Å². The van der Waals surface area contributed by atoms with Gasteiger partial charge in [0.2, 0.25) is 0 Å². The Bertz CT molecular complexity index is 1210. The van der Waals surface area contributed by atoms with E-state index in [1.807, 2.05) is 0 Å². The third-order valence-corrected chi connectivity index (χ3v) is 4.98. The Kier molecular flexibility index (Phi) is 5.79. The van der Waals surface area contributed by atoms with Crippen molar-refractivity contribution in [3.8, 4) is 11.5 Å². The SMILES string of the molecule is O=C1NC(=S)N(c2ccc(Cl)cc2)C(=O)/C1=C/c1ccccc1Oc1ccc(F)cc1. The predicted molar refractivity (Wildman–Crippen MR) is 121 cm³/mol. The summed E-state index contributed by atoms with van der Waals surface area (Å²) in [4.78, 5) is 26.9. The van der Waals surface area contributed by atoms with Crippen molar-refractivity contribution < 1.29 is 18.7 Å². The van der Waals surface area contributed by atoms with E-state index in [-0.39, 0.29) is 16.5 Å². The van der Waals surface area contributed by atoms with Crippen LogP contribution in [0.5, 0.6) is 11.5 Å². The molecular formula is C23H14ClFN2O3S. The first kappa shape index (κ1) is 20.7. The fourth-order valence-corrected chi connectivity index (χ4v) is 3.37. The molecule has 31 heavy (non-hydrogen) atoms. The molecule has 0 aliphatic carbocycles. The number of hydrogen-bond acceptors (Lipinski definition) is 4. The van der Waals surface area contributed by atoms with E-state index < -0.39 is 11.8 Å². The van der Waals surface area contributed by atoms with Crippen LogP contribution in [0.3, 0.4) is 0 Å². The molecule has 2 amide bonds. The fourth-order valence-electron chi connectivity index (χ4n) is 2.96. The number of carbonyl (C=O) groups excluding carboxylic acids is 2. The molecule has 0 radical (unpaired) electrons. The van der Waals surface area contributed by atoms with Gasteiger partial charge in [0.25, 0.3) is 11.8 Å². The lowest BCUT2D eigenvalue weighted by atomic mass is 10.1. The number of para-hydroxylation sites is 1. The van der Waals surface area contributed by atoms with Crippen LogP contribution in [0.15, 0.2) is 78.4 Å². The van der Waals surface area contributed by atoms with Crippen LogP contribution < -0.4 is 15.0 Å². The van der Waals surface area contributed by atoms with Gasteiger partial charge in [0, 0.05) is 10.6 Å². The molecule has 1 saturated heterocycles. The van der Waals surface area contributed by atoms with Crippen molar-refractivity contribution in [1.29, 1.82) is 0 Å². The Balaban J connectivity index is 1.69. The van der Waals surface area contributed by atoms with Crippen LogP contribution in [-0.4, -0.2) is 16.9 Å². The second kappa shape index (κ2) is 8.67. The summed E-state index contributed by atoms with van der Waals surface area (Å²) in [5.74, 6) is -0.765. The first-order valence-electron chi connectivity index (χ1n) is 9.12. The van der Waals surface area contributed by atoms with Crippen LogP contribution in [0.25, 0.3) is 6.08 Å². The largest absolute Gasteiger partial charge is 0.457 e. The first-order chi connectivity index (χ1) is 14.9. The van der Waals surface area contributed by atoms with Gasteiger partial charge in [0.1, 0.15) is 22.9 Å². The third-order valence-electron chi connectivity index (χ3n) is 4.45. The molecule has 1 aliphatic heterocycles. The standard InChI is InChI=1S/C23H14ClFN2O3S/c24-15-5-9-17(10-6-15)27-22(29)19(21(28)26-23(27)31)13-14-3-1-2-4-20(14)30-18-11-7-16(25)8-12-18/h1-13H,(H,26,28,31)/b19-13+. The lowest BCUT2D eigenvalue weighted by Crippen LogP contribution is -2.54. The minimum absolute atomic E-state index is 0.0229. The number of hydrogen-bond donors (Lipinski definition) is 1. The molecule has 3 aromatic carbocycles. The van der Waals surface area contributed by atoms with Crippen molar-refractivity contribution >= 4 is 52.5 Å². The first-order valence-corrected chi connectivity index (χ1v) is 9.90. The smallest absolute Gasteiger partial charge is 0.270 e. The van der Waals surface area contributed by atoms with Crippen LogP contribution in [-0.2, 0) is 9.59 Å².